The quantitative estimate of drug-likeness (QED) is 0.793. The van der Waals surface area contributed by atoms with E-state index in [1.54, 1.807) is 7.11 Å². The SMILES string of the molecule is COc1ccc2c(c1)nc(CCCl)n2C1(C)CCCC1. The average molecular weight is 293 g/mol. The van der Waals surface area contributed by atoms with E-state index in [9.17, 15) is 0 Å². The predicted octanol–water partition coefficient (Wildman–Crippen LogP) is 4.12. The Hall–Kier alpha value is -1.22. The van der Waals surface area contributed by atoms with E-state index in [0.29, 0.717) is 5.88 Å². The standard InChI is InChI=1S/C16H21ClN2O/c1-16(8-3-4-9-16)19-14-6-5-12(20-2)11-13(14)18-15(19)7-10-17/h5-6,11H,3-4,7-10H2,1-2H3. The van der Waals surface area contributed by atoms with E-state index in [1.165, 1.54) is 31.2 Å². The minimum absolute atomic E-state index is 0.185. The monoisotopic (exact) mass is 292 g/mol. The van der Waals surface area contributed by atoms with E-state index in [0.717, 1.165) is 23.5 Å². The Bertz CT molecular complexity index is 614. The number of benzene rings is 1. The van der Waals surface area contributed by atoms with Crippen molar-refractivity contribution in [1.29, 1.82) is 0 Å². The lowest BCUT2D eigenvalue weighted by molar-refractivity contribution is 0.329. The van der Waals surface area contributed by atoms with E-state index < -0.39 is 0 Å². The zero-order valence-electron chi connectivity index (χ0n) is 12.2. The second kappa shape index (κ2) is 5.28. The van der Waals surface area contributed by atoms with Crippen LogP contribution in [0.25, 0.3) is 11.0 Å². The lowest BCUT2D eigenvalue weighted by Crippen LogP contribution is -2.28. The predicted molar refractivity (Wildman–Crippen MR) is 82.8 cm³/mol. The number of imidazole rings is 1. The average Bonchev–Trinajstić information content (AvgIpc) is 3.02. The fraction of sp³-hybridized carbons (Fsp3) is 0.562. The van der Waals surface area contributed by atoms with Crippen LogP contribution in [0, 0.1) is 0 Å². The van der Waals surface area contributed by atoms with Gasteiger partial charge in [-0.3, -0.25) is 0 Å². The Kier molecular flexibility index (Phi) is 3.63. The van der Waals surface area contributed by atoms with Crippen LogP contribution in [0.3, 0.4) is 0 Å². The number of hydrogen-bond donors (Lipinski definition) is 0. The third kappa shape index (κ3) is 2.18. The molecule has 1 aromatic carbocycles. The van der Waals surface area contributed by atoms with Crippen LogP contribution in [0.4, 0.5) is 0 Å². The maximum atomic E-state index is 5.97. The van der Waals surface area contributed by atoms with Crippen LogP contribution in [0.2, 0.25) is 0 Å². The third-order valence-electron chi connectivity index (χ3n) is 4.47. The molecule has 0 unspecified atom stereocenters. The summed E-state index contributed by atoms with van der Waals surface area (Å²) >= 11 is 5.97. The number of aromatic nitrogens is 2. The van der Waals surface area contributed by atoms with Crippen LogP contribution in [-0.2, 0) is 12.0 Å². The van der Waals surface area contributed by atoms with Gasteiger partial charge in [0.2, 0.25) is 0 Å². The highest BCUT2D eigenvalue weighted by Crippen LogP contribution is 2.40. The van der Waals surface area contributed by atoms with Gasteiger partial charge in [-0.1, -0.05) is 12.8 Å². The molecular formula is C16H21ClN2O. The number of ether oxygens (including phenoxy) is 1. The van der Waals surface area contributed by atoms with Gasteiger partial charge in [-0.05, 0) is 31.9 Å². The molecule has 3 nitrogen and oxygen atoms in total. The Morgan fingerprint density at radius 3 is 2.75 bits per heavy atom. The molecule has 0 aliphatic heterocycles. The molecule has 1 fully saturated rings. The van der Waals surface area contributed by atoms with E-state index in [1.807, 2.05) is 12.1 Å². The summed E-state index contributed by atoms with van der Waals surface area (Å²) < 4.78 is 7.73. The second-order valence-electron chi connectivity index (χ2n) is 5.86. The molecule has 0 bridgehead atoms. The van der Waals surface area contributed by atoms with Gasteiger partial charge in [0.05, 0.1) is 18.1 Å². The van der Waals surface area contributed by atoms with Crippen molar-refractivity contribution >= 4 is 22.6 Å². The molecule has 0 radical (unpaired) electrons. The van der Waals surface area contributed by atoms with Crippen molar-refractivity contribution in [2.45, 2.75) is 44.6 Å². The molecule has 4 heteroatoms. The summed E-state index contributed by atoms with van der Waals surface area (Å²) in [5.41, 5.74) is 2.40. The summed E-state index contributed by atoms with van der Waals surface area (Å²) in [7, 11) is 1.69. The van der Waals surface area contributed by atoms with E-state index in [2.05, 4.69) is 17.6 Å². The highest BCUT2D eigenvalue weighted by molar-refractivity contribution is 6.17. The van der Waals surface area contributed by atoms with Crippen molar-refractivity contribution in [3.05, 3.63) is 24.0 Å². The molecular weight excluding hydrogens is 272 g/mol. The van der Waals surface area contributed by atoms with Crippen LogP contribution < -0.4 is 4.74 Å². The minimum atomic E-state index is 0.185. The van der Waals surface area contributed by atoms with Crippen LogP contribution in [-0.4, -0.2) is 22.5 Å². The zero-order chi connectivity index (χ0) is 14.2. The Morgan fingerprint density at radius 2 is 2.10 bits per heavy atom. The van der Waals surface area contributed by atoms with Crippen molar-refractivity contribution in [2.24, 2.45) is 0 Å². The number of aryl methyl sites for hydroxylation is 1. The van der Waals surface area contributed by atoms with E-state index >= 15 is 0 Å². The molecule has 1 heterocycles. The number of hydrogen-bond acceptors (Lipinski definition) is 2. The smallest absolute Gasteiger partial charge is 0.121 e. The fourth-order valence-electron chi connectivity index (χ4n) is 3.45. The number of methoxy groups -OCH3 is 1. The molecule has 108 valence electrons. The van der Waals surface area contributed by atoms with E-state index in [-0.39, 0.29) is 5.54 Å². The van der Waals surface area contributed by atoms with Crippen LogP contribution >= 0.6 is 11.6 Å². The summed E-state index contributed by atoms with van der Waals surface area (Å²) in [4.78, 5) is 4.80. The van der Waals surface area contributed by atoms with Gasteiger partial charge < -0.3 is 9.30 Å². The second-order valence-corrected chi connectivity index (χ2v) is 6.24. The van der Waals surface area contributed by atoms with Crippen molar-refractivity contribution < 1.29 is 4.74 Å². The molecule has 1 saturated carbocycles. The Balaban J connectivity index is 2.18. The molecule has 20 heavy (non-hydrogen) atoms. The number of fused-ring (bicyclic) bond motifs is 1. The van der Waals surface area contributed by atoms with E-state index in [4.69, 9.17) is 21.3 Å². The Labute approximate surface area is 124 Å². The number of nitrogens with zero attached hydrogens (tertiary/aromatic N) is 2. The highest BCUT2D eigenvalue weighted by atomic mass is 35.5. The topological polar surface area (TPSA) is 27.1 Å². The maximum Gasteiger partial charge on any atom is 0.121 e. The first-order valence-corrected chi connectivity index (χ1v) is 7.83. The number of halogens is 1. The highest BCUT2D eigenvalue weighted by Gasteiger charge is 2.33. The summed E-state index contributed by atoms with van der Waals surface area (Å²) in [6, 6.07) is 6.16. The first-order chi connectivity index (χ1) is 9.68. The van der Waals surface area contributed by atoms with Crippen molar-refractivity contribution in [3.8, 4) is 5.75 Å². The summed E-state index contributed by atoms with van der Waals surface area (Å²) in [5, 5.41) is 0. The van der Waals surface area contributed by atoms with Crippen LogP contribution in [0.5, 0.6) is 5.75 Å². The third-order valence-corrected chi connectivity index (χ3v) is 4.66. The van der Waals surface area contributed by atoms with Gasteiger partial charge in [-0.15, -0.1) is 11.6 Å². The molecule has 0 spiro atoms. The zero-order valence-corrected chi connectivity index (χ0v) is 12.9. The largest absolute Gasteiger partial charge is 0.497 e. The van der Waals surface area contributed by atoms with Crippen LogP contribution in [0.1, 0.15) is 38.4 Å². The summed E-state index contributed by atoms with van der Waals surface area (Å²) in [6.07, 6.45) is 5.85. The molecule has 0 atom stereocenters. The van der Waals surface area contributed by atoms with Gasteiger partial charge in [0.25, 0.3) is 0 Å². The number of alkyl halides is 1. The van der Waals surface area contributed by atoms with Gasteiger partial charge >= 0.3 is 0 Å². The van der Waals surface area contributed by atoms with Crippen LogP contribution in [0.15, 0.2) is 18.2 Å². The van der Waals surface area contributed by atoms with Gasteiger partial charge in [0.1, 0.15) is 11.6 Å². The molecule has 1 aliphatic rings. The molecule has 2 aromatic rings. The summed E-state index contributed by atoms with van der Waals surface area (Å²) in [6.45, 7) is 2.35. The van der Waals surface area contributed by atoms with Crippen molar-refractivity contribution in [2.75, 3.05) is 13.0 Å². The minimum Gasteiger partial charge on any atom is -0.497 e. The lowest BCUT2D eigenvalue weighted by atomic mass is 9.99. The normalized spacial score (nSPS) is 17.8. The molecule has 1 aromatic heterocycles. The summed E-state index contributed by atoms with van der Waals surface area (Å²) in [5.74, 6) is 2.57. The molecule has 1 aliphatic carbocycles. The van der Waals surface area contributed by atoms with Crippen molar-refractivity contribution in [3.63, 3.8) is 0 Å². The maximum absolute atomic E-state index is 5.97. The van der Waals surface area contributed by atoms with Gasteiger partial charge in [0.15, 0.2) is 0 Å². The molecule has 0 amide bonds. The fourth-order valence-corrected chi connectivity index (χ4v) is 3.62. The Morgan fingerprint density at radius 1 is 1.35 bits per heavy atom. The van der Waals surface area contributed by atoms with Crippen molar-refractivity contribution in [1.82, 2.24) is 9.55 Å². The van der Waals surface area contributed by atoms with Gasteiger partial charge in [0, 0.05) is 23.9 Å². The first-order valence-electron chi connectivity index (χ1n) is 7.30. The molecule has 3 rings (SSSR count). The molecule has 0 saturated heterocycles. The molecule has 0 N–H and O–H groups in total. The lowest BCUT2D eigenvalue weighted by Gasteiger charge is -2.29. The van der Waals surface area contributed by atoms with Gasteiger partial charge in [-0.25, -0.2) is 4.98 Å². The number of rotatable bonds is 4. The van der Waals surface area contributed by atoms with Gasteiger partial charge in [-0.2, -0.15) is 0 Å². The first kappa shape index (κ1) is 13.7.